The van der Waals surface area contributed by atoms with E-state index in [1.165, 1.54) is 0 Å². The van der Waals surface area contributed by atoms with E-state index in [0.717, 1.165) is 56.0 Å². The summed E-state index contributed by atoms with van der Waals surface area (Å²) in [6.07, 6.45) is 10.7. The SMILES string of the molecule is CCC[C@H](O)C[C@@H](O)CC(=O)CCc1ccc2c(c1)O[C@@H]1[C@H](C#C[C@@H](O)c3ccc4c(c3CC3=CN=C5C[NH+]1C=C35)C=CN[C@@H]4N)CC#CO2. The standard InChI is InChI=1S/C40H42N4O6/c1-2-4-27(45)19-29(47)20-28(46)9-6-24-7-13-37-38(17-24)50-40-25(5-3-16-49-37)8-12-36(48)31-10-11-32-30(14-15-42-39(32)41)33(31)18-26-21-43-35-23-44(40)22-34(26)35/h7,10-11,13-15,17,21-22,25,27,29,36,39-40,42,45,47-48H,2,4-6,9,18-20,23,41H2,1H3/p+1/t25-,27-,29+,36+,39-,40+/m0/s1. The normalized spacial score (nSPS) is 25.2. The minimum atomic E-state index is -1.05. The van der Waals surface area contributed by atoms with Gasteiger partial charge in [0.15, 0.2) is 11.5 Å². The number of aliphatic imine (C=N–C) groups is 1. The van der Waals surface area contributed by atoms with Crippen LogP contribution in [0.3, 0.4) is 0 Å². The number of hydrogen-bond donors (Lipinski definition) is 6. The number of hydrogen-bond acceptors (Lipinski definition) is 9. The van der Waals surface area contributed by atoms with Gasteiger partial charge in [-0.1, -0.05) is 49.3 Å². The Morgan fingerprint density at radius 3 is 2.88 bits per heavy atom. The molecule has 7 N–H and O–H groups in total. The first-order valence-electron chi connectivity index (χ1n) is 17.5. The summed E-state index contributed by atoms with van der Waals surface area (Å²) < 4.78 is 12.6. The van der Waals surface area contributed by atoms with Crippen molar-refractivity contribution < 1.29 is 34.5 Å². The number of nitrogens with one attached hydrogen (secondary N) is 2. The van der Waals surface area contributed by atoms with Crippen molar-refractivity contribution in [3.8, 4) is 35.4 Å². The van der Waals surface area contributed by atoms with Gasteiger partial charge in [0.05, 0.1) is 17.8 Å². The van der Waals surface area contributed by atoms with Crippen LogP contribution in [0, 0.1) is 29.8 Å². The van der Waals surface area contributed by atoms with Crippen LogP contribution in [0.15, 0.2) is 65.1 Å². The zero-order valence-electron chi connectivity index (χ0n) is 28.1. The lowest BCUT2D eigenvalue weighted by Crippen LogP contribution is -3.13. The molecule has 7 rings (SSSR count). The second kappa shape index (κ2) is 14.7. The molecule has 0 fully saturated rings. The molecule has 10 nitrogen and oxygen atoms in total. The monoisotopic (exact) mass is 675 g/mol. The van der Waals surface area contributed by atoms with E-state index in [-0.39, 0.29) is 31.2 Å². The number of quaternary nitrogens is 1. The molecule has 0 spiro atoms. The van der Waals surface area contributed by atoms with E-state index in [1.54, 1.807) is 6.07 Å². The van der Waals surface area contributed by atoms with Crippen molar-refractivity contribution in [2.75, 3.05) is 6.54 Å². The molecule has 50 heavy (non-hydrogen) atoms. The van der Waals surface area contributed by atoms with Crippen LogP contribution in [0.4, 0.5) is 0 Å². The smallest absolute Gasteiger partial charge is 0.251 e. The molecule has 0 amide bonds. The molecule has 0 saturated carbocycles. The number of nitrogens with two attached hydrogens (primary N) is 1. The quantitative estimate of drug-likeness (QED) is 0.222. The van der Waals surface area contributed by atoms with E-state index in [9.17, 15) is 20.1 Å². The van der Waals surface area contributed by atoms with Crippen molar-refractivity contribution in [2.45, 2.75) is 89.0 Å². The third-order valence-corrected chi connectivity index (χ3v) is 9.96. The van der Waals surface area contributed by atoms with Crippen molar-refractivity contribution >= 4 is 17.6 Å². The average Bonchev–Trinajstić information content (AvgIpc) is 3.69. The number of Topliss-reactive ketones (excluding diaryl/α,β-unsaturated/α-hetero) is 1. The van der Waals surface area contributed by atoms with Gasteiger partial charge >= 0.3 is 0 Å². The second-order valence-electron chi connectivity index (χ2n) is 13.6. The van der Waals surface area contributed by atoms with Crippen molar-refractivity contribution in [2.24, 2.45) is 16.6 Å². The molecule has 10 heteroatoms. The lowest BCUT2D eigenvalue weighted by Gasteiger charge is -2.28. The van der Waals surface area contributed by atoms with Crippen molar-refractivity contribution in [1.29, 1.82) is 0 Å². The molecule has 7 atom stereocenters. The number of benzene rings is 2. The number of fused-ring (bicyclic) bond motifs is 7. The molecule has 0 radical (unpaired) electrons. The highest BCUT2D eigenvalue weighted by Gasteiger charge is 2.40. The molecule has 5 heterocycles. The Labute approximate surface area is 292 Å². The maximum atomic E-state index is 12.7. The molecule has 0 aliphatic carbocycles. The Morgan fingerprint density at radius 2 is 2.02 bits per heavy atom. The number of ether oxygens (including phenoxy) is 2. The summed E-state index contributed by atoms with van der Waals surface area (Å²) in [6, 6.07) is 9.44. The van der Waals surface area contributed by atoms with Crippen LogP contribution in [-0.4, -0.2) is 51.8 Å². The summed E-state index contributed by atoms with van der Waals surface area (Å²) in [6.45, 7) is 2.57. The summed E-state index contributed by atoms with van der Waals surface area (Å²) in [5.74, 6) is 10.1. The van der Waals surface area contributed by atoms with Gasteiger partial charge in [-0.2, -0.15) is 0 Å². The number of nitrogens with zero attached hydrogens (tertiary/aromatic N) is 1. The summed E-state index contributed by atoms with van der Waals surface area (Å²) in [5.41, 5.74) is 14.0. The maximum Gasteiger partial charge on any atom is 0.251 e. The number of aliphatic hydroxyl groups is 3. The first-order valence-corrected chi connectivity index (χ1v) is 17.5. The molecule has 2 aromatic rings. The van der Waals surface area contributed by atoms with Crippen LogP contribution in [0.2, 0.25) is 0 Å². The van der Waals surface area contributed by atoms with Gasteiger partial charge in [-0.05, 0) is 77.1 Å². The van der Waals surface area contributed by atoms with Gasteiger partial charge in [0, 0.05) is 31.9 Å². The van der Waals surface area contributed by atoms with Crippen LogP contribution in [0.5, 0.6) is 11.5 Å². The van der Waals surface area contributed by atoms with Crippen LogP contribution in [0.25, 0.3) is 6.08 Å². The molecule has 258 valence electrons. The predicted octanol–water partition coefficient (Wildman–Crippen LogP) is 2.50. The van der Waals surface area contributed by atoms with Crippen molar-refractivity contribution in [3.05, 3.63) is 87.9 Å². The Kier molecular flexibility index (Phi) is 9.91. The molecular weight excluding hydrogens is 632 g/mol. The number of aliphatic hydroxyl groups excluding tert-OH is 3. The minimum Gasteiger partial charge on any atom is -0.437 e. The number of allylic oxidation sites excluding steroid dienone is 1. The number of carbonyl (C=O) groups is 1. The topological polar surface area (TPSA) is 151 Å². The Hall–Kier alpha value is -4.68. The molecule has 0 saturated heterocycles. The minimum absolute atomic E-state index is 0.0108. The fourth-order valence-electron chi connectivity index (χ4n) is 7.36. The molecule has 5 aliphatic rings. The van der Waals surface area contributed by atoms with Crippen molar-refractivity contribution in [3.63, 3.8) is 0 Å². The van der Waals surface area contributed by atoms with Crippen LogP contribution < -0.4 is 25.4 Å². The second-order valence-corrected chi connectivity index (χ2v) is 13.6. The number of rotatable bonds is 9. The molecule has 0 aromatic heterocycles. The molecule has 1 unspecified atom stereocenters. The van der Waals surface area contributed by atoms with Gasteiger partial charge in [-0.3, -0.25) is 14.7 Å². The first-order chi connectivity index (χ1) is 24.3. The first kappa shape index (κ1) is 33.8. The molecule has 5 aliphatic heterocycles. The number of aryl methyl sites for hydroxylation is 1. The highest BCUT2D eigenvalue weighted by atomic mass is 16.5. The average molecular weight is 676 g/mol. The fraction of sp³-hybridized carbons (Fsp3) is 0.400. The zero-order chi connectivity index (χ0) is 34.8. The van der Waals surface area contributed by atoms with Crippen LogP contribution in [0.1, 0.15) is 85.5 Å². The Balaban J connectivity index is 1.17. The fourth-order valence-corrected chi connectivity index (χ4v) is 7.36. The summed E-state index contributed by atoms with van der Waals surface area (Å²) in [4.78, 5) is 18.6. The van der Waals surface area contributed by atoms with E-state index in [1.807, 2.05) is 49.7 Å². The highest BCUT2D eigenvalue weighted by Crippen LogP contribution is 2.36. The summed E-state index contributed by atoms with van der Waals surface area (Å²) in [7, 11) is 0. The molecule has 2 bridgehead atoms. The highest BCUT2D eigenvalue weighted by molar-refractivity contribution is 6.08. The van der Waals surface area contributed by atoms with Gasteiger partial charge in [0.2, 0.25) is 0 Å². The number of carbonyl (C=O) groups excluding carboxylic acids is 1. The summed E-state index contributed by atoms with van der Waals surface area (Å²) >= 11 is 0. The van der Waals surface area contributed by atoms with E-state index in [2.05, 4.69) is 35.4 Å². The van der Waals surface area contributed by atoms with E-state index in [4.69, 9.17) is 20.2 Å². The lowest BCUT2D eigenvalue weighted by atomic mass is 9.86. The summed E-state index contributed by atoms with van der Waals surface area (Å²) in [5, 5.41) is 35.0. The van der Waals surface area contributed by atoms with E-state index >= 15 is 0 Å². The zero-order valence-corrected chi connectivity index (χ0v) is 28.1. The largest absolute Gasteiger partial charge is 0.437 e. The van der Waals surface area contributed by atoms with Gasteiger partial charge in [-0.15, -0.1) is 0 Å². The van der Waals surface area contributed by atoms with Crippen molar-refractivity contribution in [1.82, 2.24) is 5.32 Å². The van der Waals surface area contributed by atoms with Gasteiger partial charge in [0.25, 0.3) is 6.23 Å². The third kappa shape index (κ3) is 7.13. The predicted molar refractivity (Wildman–Crippen MR) is 188 cm³/mol. The third-order valence-electron chi connectivity index (χ3n) is 9.96. The molecule has 2 aromatic carbocycles. The van der Waals surface area contributed by atoms with E-state index < -0.39 is 30.5 Å². The van der Waals surface area contributed by atoms with E-state index in [0.29, 0.717) is 43.7 Å². The molecular formula is C40H43N4O6+. The Morgan fingerprint density at radius 1 is 1.16 bits per heavy atom. The maximum absolute atomic E-state index is 12.7. The lowest BCUT2D eigenvalue weighted by molar-refractivity contribution is -0.886. The number of ketones is 1. The van der Waals surface area contributed by atoms with Gasteiger partial charge in [0.1, 0.15) is 48.5 Å². The van der Waals surface area contributed by atoms with Crippen LogP contribution >= 0.6 is 0 Å². The van der Waals surface area contributed by atoms with Gasteiger partial charge in [-0.25, -0.2) is 0 Å². The van der Waals surface area contributed by atoms with Gasteiger partial charge < -0.3 is 35.8 Å². The Bertz CT molecular complexity index is 1920. The van der Waals surface area contributed by atoms with Crippen LogP contribution in [-0.2, 0) is 17.6 Å².